The molecule has 7 nitrogen and oxygen atoms in total. The van der Waals surface area contributed by atoms with Crippen LogP contribution in [0.2, 0.25) is 0 Å². The molecule has 1 aromatic carbocycles. The van der Waals surface area contributed by atoms with Gasteiger partial charge in [-0.05, 0) is 100 Å². The number of rotatable bonds is 5. The Bertz CT molecular complexity index is 1450. The number of hydrogen-bond donors (Lipinski definition) is 0. The van der Waals surface area contributed by atoms with Crippen LogP contribution in [-0.4, -0.2) is 62.5 Å². The Hall–Kier alpha value is -3.07. The highest BCUT2D eigenvalue weighted by atomic mass is 32.1. The van der Waals surface area contributed by atoms with Gasteiger partial charge in [0.2, 0.25) is 0 Å². The van der Waals surface area contributed by atoms with Crippen LogP contribution in [0.25, 0.3) is 10.2 Å². The average molecular weight is 565 g/mol. The highest BCUT2D eigenvalue weighted by Crippen LogP contribution is 2.56. The topological polar surface area (TPSA) is 75.6 Å². The monoisotopic (exact) mass is 564 g/mol. The number of carbonyl (C=O) groups excluding carboxylic acids is 2. The van der Waals surface area contributed by atoms with Gasteiger partial charge in [-0.3, -0.25) is 4.79 Å². The number of benzene rings is 1. The molecule has 2 amide bonds. The SMILES string of the molecule is Cc1nc(C2CC2c2ccc(C(=O)N(C)C3CC4CCC(C3)N4C(=O)OC(C)(C)C)cc2CF)c2ccsc2n1. The molecule has 2 aliphatic heterocycles. The average Bonchev–Trinajstić information content (AvgIpc) is 3.47. The van der Waals surface area contributed by atoms with Crippen molar-refractivity contribution in [1.82, 2.24) is 19.8 Å². The van der Waals surface area contributed by atoms with Crippen molar-refractivity contribution < 1.29 is 18.7 Å². The van der Waals surface area contributed by atoms with E-state index in [2.05, 4.69) is 11.1 Å². The van der Waals surface area contributed by atoms with Gasteiger partial charge in [-0.15, -0.1) is 11.3 Å². The third kappa shape index (κ3) is 4.97. The summed E-state index contributed by atoms with van der Waals surface area (Å²) in [6.45, 7) is 6.94. The fourth-order valence-electron chi connectivity index (χ4n) is 6.78. The quantitative estimate of drug-likeness (QED) is 0.343. The summed E-state index contributed by atoms with van der Waals surface area (Å²) in [5, 5.41) is 3.13. The highest BCUT2D eigenvalue weighted by molar-refractivity contribution is 7.16. The van der Waals surface area contributed by atoms with E-state index in [1.807, 2.05) is 57.2 Å². The molecule has 0 N–H and O–H groups in total. The van der Waals surface area contributed by atoms with E-state index < -0.39 is 12.3 Å². The van der Waals surface area contributed by atoms with E-state index in [1.54, 1.807) is 22.3 Å². The Kier molecular flexibility index (Phi) is 6.84. The Morgan fingerprint density at radius 2 is 1.82 bits per heavy atom. The first kappa shape index (κ1) is 27.1. The molecule has 4 unspecified atom stereocenters. The molecule has 2 saturated heterocycles. The summed E-state index contributed by atoms with van der Waals surface area (Å²) < 4.78 is 20.0. The van der Waals surface area contributed by atoms with Crippen LogP contribution in [0.1, 0.15) is 97.7 Å². The number of thiophene rings is 1. The molecule has 3 aromatic rings. The lowest BCUT2D eigenvalue weighted by Crippen LogP contribution is -2.53. The molecule has 9 heteroatoms. The van der Waals surface area contributed by atoms with Gasteiger partial charge in [0.25, 0.3) is 5.91 Å². The summed E-state index contributed by atoms with van der Waals surface area (Å²) in [6, 6.07) is 7.77. The van der Waals surface area contributed by atoms with Gasteiger partial charge in [0.05, 0.1) is 5.69 Å². The smallest absolute Gasteiger partial charge is 0.410 e. The molecule has 0 radical (unpaired) electrons. The number of piperidine rings is 1. The fourth-order valence-corrected chi connectivity index (χ4v) is 7.59. The molecule has 1 saturated carbocycles. The van der Waals surface area contributed by atoms with Gasteiger partial charge in [-0.1, -0.05) is 6.07 Å². The maximum absolute atomic E-state index is 14.3. The van der Waals surface area contributed by atoms with Crippen molar-refractivity contribution in [3.05, 3.63) is 57.9 Å². The van der Waals surface area contributed by atoms with E-state index >= 15 is 0 Å². The first-order chi connectivity index (χ1) is 19.0. The Labute approximate surface area is 238 Å². The molecular formula is C31H37FN4O3S. The van der Waals surface area contributed by atoms with Crippen molar-refractivity contribution in [3.8, 4) is 0 Å². The van der Waals surface area contributed by atoms with Gasteiger partial charge in [0, 0.05) is 42.0 Å². The summed E-state index contributed by atoms with van der Waals surface area (Å²) in [5.74, 6) is 1.09. The first-order valence-electron chi connectivity index (χ1n) is 14.2. The van der Waals surface area contributed by atoms with Crippen molar-refractivity contribution in [2.75, 3.05) is 7.05 Å². The number of fused-ring (bicyclic) bond motifs is 3. The second-order valence-corrected chi connectivity index (χ2v) is 13.5. The summed E-state index contributed by atoms with van der Waals surface area (Å²) in [6.07, 6.45) is 3.97. The summed E-state index contributed by atoms with van der Waals surface area (Å²) >= 11 is 1.61. The van der Waals surface area contributed by atoms with Crippen LogP contribution in [-0.2, 0) is 11.4 Å². The fraction of sp³-hybridized carbons (Fsp3) is 0.548. The number of alkyl halides is 1. The molecule has 4 heterocycles. The zero-order chi connectivity index (χ0) is 28.3. The van der Waals surface area contributed by atoms with Gasteiger partial charge in [0.15, 0.2) is 0 Å². The lowest BCUT2D eigenvalue weighted by Gasteiger charge is -2.42. The van der Waals surface area contributed by atoms with Crippen molar-refractivity contribution in [1.29, 1.82) is 0 Å². The molecule has 1 aliphatic carbocycles. The van der Waals surface area contributed by atoms with Crippen LogP contribution in [0.15, 0.2) is 29.6 Å². The van der Waals surface area contributed by atoms with Gasteiger partial charge in [-0.2, -0.15) is 0 Å². The van der Waals surface area contributed by atoms with Crippen LogP contribution < -0.4 is 0 Å². The van der Waals surface area contributed by atoms with Gasteiger partial charge in [-0.25, -0.2) is 19.2 Å². The van der Waals surface area contributed by atoms with Crippen LogP contribution in [0.3, 0.4) is 0 Å². The van der Waals surface area contributed by atoms with Crippen molar-refractivity contribution >= 4 is 33.6 Å². The highest BCUT2D eigenvalue weighted by Gasteiger charge is 2.47. The van der Waals surface area contributed by atoms with Crippen molar-refractivity contribution in [3.63, 3.8) is 0 Å². The minimum absolute atomic E-state index is 0.0269. The number of carbonyl (C=O) groups is 2. The zero-order valence-corrected chi connectivity index (χ0v) is 24.6. The van der Waals surface area contributed by atoms with Crippen LogP contribution >= 0.6 is 11.3 Å². The number of aromatic nitrogens is 2. The standard InChI is InChI=1S/C31H37FN4O3S/c1-17-33-27(24-10-11-40-28(24)34-17)26-15-25(26)23-9-6-18(12-19(23)16-32)29(37)35(5)22-13-20-7-8-21(14-22)36(20)30(38)39-31(2,3)4/h6,9-12,20-22,25-26H,7-8,13-16H2,1-5H3. The normalized spacial score (nSPS) is 25.8. The summed E-state index contributed by atoms with van der Waals surface area (Å²) in [5.41, 5.74) is 2.57. The number of hydrogen-bond acceptors (Lipinski definition) is 6. The lowest BCUT2D eigenvalue weighted by atomic mass is 9.95. The maximum atomic E-state index is 14.3. The summed E-state index contributed by atoms with van der Waals surface area (Å²) in [7, 11) is 1.83. The van der Waals surface area contributed by atoms with Gasteiger partial charge < -0.3 is 14.5 Å². The molecule has 0 spiro atoms. The van der Waals surface area contributed by atoms with E-state index in [1.165, 1.54) is 0 Å². The van der Waals surface area contributed by atoms with E-state index in [9.17, 15) is 14.0 Å². The minimum Gasteiger partial charge on any atom is -0.444 e. The van der Waals surface area contributed by atoms with Crippen LogP contribution in [0.5, 0.6) is 0 Å². The lowest BCUT2D eigenvalue weighted by molar-refractivity contribution is -0.00112. The van der Waals surface area contributed by atoms with Crippen LogP contribution in [0, 0.1) is 6.92 Å². The van der Waals surface area contributed by atoms with E-state index in [4.69, 9.17) is 9.72 Å². The minimum atomic E-state index is -0.613. The maximum Gasteiger partial charge on any atom is 0.410 e. The molecule has 2 aromatic heterocycles. The van der Waals surface area contributed by atoms with Crippen LogP contribution in [0.4, 0.5) is 9.18 Å². The number of amides is 2. The second kappa shape index (κ2) is 10.1. The Morgan fingerprint density at radius 1 is 1.10 bits per heavy atom. The number of aryl methyl sites for hydroxylation is 1. The third-order valence-electron chi connectivity index (χ3n) is 8.72. The van der Waals surface area contributed by atoms with Crippen molar-refractivity contribution in [2.45, 2.75) is 102 Å². The van der Waals surface area contributed by atoms with E-state index in [0.29, 0.717) is 11.1 Å². The molecule has 6 rings (SSSR count). The molecule has 212 valence electrons. The second-order valence-electron chi connectivity index (χ2n) is 12.6. The molecule has 2 bridgehead atoms. The number of halogens is 1. The molecule has 40 heavy (non-hydrogen) atoms. The van der Waals surface area contributed by atoms with E-state index in [-0.39, 0.29) is 42.0 Å². The van der Waals surface area contributed by atoms with Gasteiger partial charge in [0.1, 0.15) is 22.9 Å². The van der Waals surface area contributed by atoms with Crippen molar-refractivity contribution in [2.24, 2.45) is 0 Å². The first-order valence-corrected chi connectivity index (χ1v) is 15.1. The predicted octanol–water partition coefficient (Wildman–Crippen LogP) is 6.74. The Morgan fingerprint density at radius 3 is 2.50 bits per heavy atom. The number of nitrogens with zero attached hydrogens (tertiary/aromatic N) is 4. The van der Waals surface area contributed by atoms with Gasteiger partial charge >= 0.3 is 6.09 Å². The zero-order valence-electron chi connectivity index (χ0n) is 23.8. The third-order valence-corrected chi connectivity index (χ3v) is 9.53. The largest absolute Gasteiger partial charge is 0.444 e. The molecule has 3 fully saturated rings. The molecule has 3 aliphatic rings. The molecular weight excluding hydrogens is 527 g/mol. The Balaban J connectivity index is 1.16. The number of ether oxygens (including phenoxy) is 1. The summed E-state index contributed by atoms with van der Waals surface area (Å²) in [4.78, 5) is 40.4. The van der Waals surface area contributed by atoms with E-state index in [0.717, 1.165) is 59.4 Å². The molecule has 4 atom stereocenters. The predicted molar refractivity (Wildman–Crippen MR) is 154 cm³/mol.